The highest BCUT2D eigenvalue weighted by Gasteiger charge is 2.11. The maximum Gasteiger partial charge on any atom is 0.251 e. The molecule has 0 aromatic heterocycles. The zero-order chi connectivity index (χ0) is 10.3. The summed E-state index contributed by atoms with van der Waals surface area (Å²) in [6.45, 7) is 3.83. The average molecular weight is 211 g/mol. The Hall–Kier alpha value is -0.130. The van der Waals surface area contributed by atoms with Gasteiger partial charge in [0.1, 0.15) is 0 Å². The summed E-state index contributed by atoms with van der Waals surface area (Å²) in [5.41, 5.74) is 0.775. The number of thiol groups is 1. The molecule has 5 heteroatoms. The molecule has 0 aromatic carbocycles. The van der Waals surface area contributed by atoms with Crippen LogP contribution in [0.3, 0.4) is 0 Å². The molecule has 0 bridgehead atoms. The smallest absolute Gasteiger partial charge is 0.251 e. The predicted octanol–water partition coefficient (Wildman–Crippen LogP) is 1.03. The first kappa shape index (κ1) is 12.9. The van der Waals surface area contributed by atoms with Crippen LogP contribution in [0, 0.1) is 0 Å². The number of aliphatic hydroxyl groups is 1. The second-order valence-electron chi connectivity index (χ2n) is 2.76. The zero-order valence-corrected chi connectivity index (χ0v) is 8.31. The van der Waals surface area contributed by atoms with E-state index in [1.54, 1.807) is 0 Å². The molecule has 2 nitrogen and oxygen atoms in total. The highest BCUT2D eigenvalue weighted by molar-refractivity contribution is 7.80. The molecule has 78 valence electrons. The van der Waals surface area contributed by atoms with Crippen LogP contribution in [-0.4, -0.2) is 48.4 Å². The monoisotopic (exact) mass is 211 g/mol. The summed E-state index contributed by atoms with van der Waals surface area (Å²) < 4.78 is 24.0. The van der Waals surface area contributed by atoms with E-state index in [9.17, 15) is 8.78 Å². The van der Waals surface area contributed by atoms with Crippen molar-refractivity contribution in [1.82, 2.24) is 4.90 Å². The average Bonchev–Trinajstić information content (AvgIpc) is 2.03. The maximum atomic E-state index is 12.0. The van der Waals surface area contributed by atoms with E-state index in [2.05, 4.69) is 19.2 Å². The second kappa shape index (κ2) is 7.29. The van der Waals surface area contributed by atoms with E-state index < -0.39 is 6.43 Å². The minimum atomic E-state index is -2.38. The van der Waals surface area contributed by atoms with Gasteiger partial charge >= 0.3 is 0 Å². The van der Waals surface area contributed by atoms with E-state index in [0.29, 0.717) is 12.3 Å². The van der Waals surface area contributed by atoms with Crippen molar-refractivity contribution in [2.24, 2.45) is 0 Å². The lowest BCUT2D eigenvalue weighted by Gasteiger charge is -2.21. The fourth-order valence-electron chi connectivity index (χ4n) is 0.938. The van der Waals surface area contributed by atoms with Crippen LogP contribution >= 0.6 is 12.6 Å². The topological polar surface area (TPSA) is 23.5 Å². The molecule has 0 aliphatic rings. The van der Waals surface area contributed by atoms with E-state index in [1.807, 2.05) is 0 Å². The van der Waals surface area contributed by atoms with Gasteiger partial charge in [0.25, 0.3) is 6.43 Å². The minimum Gasteiger partial charge on any atom is -0.395 e. The molecule has 13 heavy (non-hydrogen) atoms. The summed E-state index contributed by atoms with van der Waals surface area (Å²) in [6.07, 6.45) is -2.38. The lowest BCUT2D eigenvalue weighted by Crippen LogP contribution is -2.33. The normalized spacial score (nSPS) is 11.2. The molecule has 0 aromatic rings. The quantitative estimate of drug-likeness (QED) is 0.485. The van der Waals surface area contributed by atoms with Crippen LogP contribution in [0.2, 0.25) is 0 Å². The molecule has 1 N–H and O–H groups in total. The fraction of sp³-hybridized carbons (Fsp3) is 0.750. The number of hydrogen-bond acceptors (Lipinski definition) is 3. The molecule has 0 atom stereocenters. The number of rotatable bonds is 7. The van der Waals surface area contributed by atoms with Gasteiger partial charge in [0.2, 0.25) is 0 Å². The van der Waals surface area contributed by atoms with E-state index >= 15 is 0 Å². The van der Waals surface area contributed by atoms with E-state index in [0.717, 1.165) is 5.57 Å². The predicted molar refractivity (Wildman–Crippen MR) is 52.5 cm³/mol. The van der Waals surface area contributed by atoms with E-state index in [-0.39, 0.29) is 19.7 Å². The Balaban J connectivity index is 3.86. The van der Waals surface area contributed by atoms with Gasteiger partial charge in [0.15, 0.2) is 0 Å². The number of hydrogen-bond donors (Lipinski definition) is 2. The molecule has 0 saturated heterocycles. The van der Waals surface area contributed by atoms with Crippen LogP contribution in [-0.2, 0) is 0 Å². The number of nitrogens with zero attached hydrogens (tertiary/aromatic N) is 1. The molecule has 0 radical (unpaired) electrons. The molecule has 0 heterocycles. The van der Waals surface area contributed by atoms with Crippen molar-refractivity contribution >= 4 is 12.6 Å². The first-order valence-electron chi connectivity index (χ1n) is 3.99. The summed E-state index contributed by atoms with van der Waals surface area (Å²) >= 11 is 3.97. The van der Waals surface area contributed by atoms with Crippen LogP contribution in [0.15, 0.2) is 12.2 Å². The van der Waals surface area contributed by atoms with Crippen molar-refractivity contribution in [3.8, 4) is 0 Å². The lowest BCUT2D eigenvalue weighted by molar-refractivity contribution is 0.0833. The van der Waals surface area contributed by atoms with Crippen LogP contribution in [0.4, 0.5) is 8.78 Å². The molecule has 0 unspecified atom stereocenters. The Morgan fingerprint density at radius 1 is 1.54 bits per heavy atom. The Kier molecular flexibility index (Phi) is 7.22. The minimum absolute atomic E-state index is 0.118. The van der Waals surface area contributed by atoms with Gasteiger partial charge in [-0.3, -0.25) is 4.90 Å². The number of alkyl halides is 2. The third kappa shape index (κ3) is 6.98. The molecule has 0 aliphatic carbocycles. The van der Waals surface area contributed by atoms with Crippen LogP contribution in [0.25, 0.3) is 0 Å². The maximum absolute atomic E-state index is 12.0. The van der Waals surface area contributed by atoms with Crippen LogP contribution in [0.5, 0.6) is 0 Å². The highest BCUT2D eigenvalue weighted by Crippen LogP contribution is 2.02. The van der Waals surface area contributed by atoms with Gasteiger partial charge in [-0.05, 0) is 0 Å². The van der Waals surface area contributed by atoms with Gasteiger partial charge in [0.05, 0.1) is 13.2 Å². The van der Waals surface area contributed by atoms with Gasteiger partial charge in [-0.2, -0.15) is 12.6 Å². The first-order chi connectivity index (χ1) is 6.10. The Morgan fingerprint density at radius 2 is 2.15 bits per heavy atom. The molecule has 0 spiro atoms. The van der Waals surface area contributed by atoms with Crippen molar-refractivity contribution < 1.29 is 13.9 Å². The Morgan fingerprint density at radius 3 is 2.54 bits per heavy atom. The molecule has 0 amide bonds. The summed E-state index contributed by atoms with van der Waals surface area (Å²) in [5, 5.41) is 8.60. The highest BCUT2D eigenvalue weighted by atomic mass is 32.1. The summed E-state index contributed by atoms with van der Waals surface area (Å²) in [5.74, 6) is 0.477. The van der Waals surface area contributed by atoms with Crippen molar-refractivity contribution in [2.45, 2.75) is 6.43 Å². The molecular weight excluding hydrogens is 196 g/mol. The van der Waals surface area contributed by atoms with Crippen molar-refractivity contribution in [3.05, 3.63) is 12.2 Å². The summed E-state index contributed by atoms with van der Waals surface area (Å²) in [4.78, 5) is 1.46. The second-order valence-corrected chi connectivity index (χ2v) is 3.07. The SMILES string of the molecule is C=C(CS)CN(CCO)CC(F)F. The van der Waals surface area contributed by atoms with Crippen molar-refractivity contribution in [1.29, 1.82) is 0 Å². The van der Waals surface area contributed by atoms with Crippen molar-refractivity contribution in [2.75, 3.05) is 32.0 Å². The lowest BCUT2D eigenvalue weighted by atomic mass is 10.3. The zero-order valence-electron chi connectivity index (χ0n) is 7.42. The molecule has 0 fully saturated rings. The Bertz CT molecular complexity index is 155. The number of aliphatic hydroxyl groups excluding tert-OH is 1. The standard InChI is InChI=1S/C8H15F2NOS/c1-7(6-13)4-11(2-3-12)5-8(9)10/h8,12-13H,1-6H2. The van der Waals surface area contributed by atoms with Gasteiger partial charge in [-0.1, -0.05) is 12.2 Å². The van der Waals surface area contributed by atoms with Crippen LogP contribution in [0.1, 0.15) is 0 Å². The summed E-state index contributed by atoms with van der Waals surface area (Å²) in [6, 6.07) is 0. The third-order valence-corrected chi connectivity index (χ3v) is 1.93. The van der Waals surface area contributed by atoms with Crippen LogP contribution < -0.4 is 0 Å². The van der Waals surface area contributed by atoms with Gasteiger partial charge < -0.3 is 5.11 Å². The molecule has 0 rings (SSSR count). The van der Waals surface area contributed by atoms with Gasteiger partial charge in [-0.15, -0.1) is 0 Å². The van der Waals surface area contributed by atoms with E-state index in [1.165, 1.54) is 4.90 Å². The Labute approximate surface area is 82.6 Å². The van der Waals surface area contributed by atoms with E-state index in [4.69, 9.17) is 5.11 Å². The largest absolute Gasteiger partial charge is 0.395 e. The number of halogens is 2. The molecular formula is C8H15F2NOS. The molecule has 0 saturated carbocycles. The van der Waals surface area contributed by atoms with Gasteiger partial charge in [-0.25, -0.2) is 8.78 Å². The van der Waals surface area contributed by atoms with Crippen molar-refractivity contribution in [3.63, 3.8) is 0 Å². The fourth-order valence-corrected chi connectivity index (χ4v) is 1.04. The third-order valence-electron chi connectivity index (χ3n) is 1.48. The molecule has 0 aliphatic heterocycles. The first-order valence-corrected chi connectivity index (χ1v) is 4.62. The van der Waals surface area contributed by atoms with Gasteiger partial charge in [0, 0.05) is 18.8 Å². The summed E-state index contributed by atoms with van der Waals surface area (Å²) in [7, 11) is 0.